The molecule has 2 aromatic rings. The normalized spacial score (nSPS) is 10.6. The van der Waals surface area contributed by atoms with Crippen LogP contribution in [0, 0.1) is 24.0 Å². The number of hydrogen-bond donors (Lipinski definition) is 1. The highest BCUT2D eigenvalue weighted by Gasteiger charge is 2.04. The minimum Gasteiger partial charge on any atom is -0.323 e. The quantitative estimate of drug-likeness (QED) is 0.529. The van der Waals surface area contributed by atoms with Gasteiger partial charge in [-0.15, -0.1) is 0 Å². The number of nitrogens with zero attached hydrogens (tertiary/aromatic N) is 1. The second kappa shape index (κ2) is 6.67. The molecule has 22 heavy (non-hydrogen) atoms. The van der Waals surface area contributed by atoms with E-state index in [2.05, 4.69) is 5.32 Å². The third kappa shape index (κ3) is 4.02. The lowest BCUT2D eigenvalue weighted by atomic mass is 10.1. The molecule has 0 saturated carbocycles. The van der Waals surface area contributed by atoms with Crippen molar-refractivity contribution >= 4 is 23.4 Å². The summed E-state index contributed by atoms with van der Waals surface area (Å²) in [6.07, 6.45) is 2.90. The van der Waals surface area contributed by atoms with Crippen molar-refractivity contribution in [2.45, 2.75) is 13.8 Å². The van der Waals surface area contributed by atoms with Crippen LogP contribution in [-0.4, -0.2) is 10.8 Å². The Morgan fingerprint density at radius 1 is 1.14 bits per heavy atom. The van der Waals surface area contributed by atoms with Gasteiger partial charge >= 0.3 is 0 Å². The number of nitrogens with one attached hydrogen (secondary N) is 1. The van der Waals surface area contributed by atoms with Gasteiger partial charge in [0.15, 0.2) is 0 Å². The minimum absolute atomic E-state index is 0.00304. The van der Waals surface area contributed by atoms with Gasteiger partial charge in [0.05, 0.1) is 4.92 Å². The molecule has 0 heterocycles. The van der Waals surface area contributed by atoms with Gasteiger partial charge in [-0.25, -0.2) is 0 Å². The number of rotatable bonds is 4. The maximum Gasteiger partial charge on any atom is 0.270 e. The first kappa shape index (κ1) is 15.4. The number of benzene rings is 2. The Bertz CT molecular complexity index is 751. The van der Waals surface area contributed by atoms with E-state index < -0.39 is 4.92 Å². The number of carbonyl (C=O) groups is 1. The van der Waals surface area contributed by atoms with Gasteiger partial charge in [0.2, 0.25) is 5.91 Å². The number of anilines is 1. The molecule has 112 valence electrons. The van der Waals surface area contributed by atoms with Gasteiger partial charge in [-0.05, 0) is 48.7 Å². The maximum atomic E-state index is 11.9. The average molecular weight is 296 g/mol. The fourth-order valence-corrected chi connectivity index (χ4v) is 1.92. The van der Waals surface area contributed by atoms with Crippen LogP contribution in [0.15, 0.2) is 48.5 Å². The van der Waals surface area contributed by atoms with Crippen molar-refractivity contribution in [3.63, 3.8) is 0 Å². The molecule has 0 fully saturated rings. The van der Waals surface area contributed by atoms with Crippen molar-refractivity contribution in [3.8, 4) is 0 Å². The molecule has 2 aromatic carbocycles. The molecule has 0 aliphatic rings. The molecular weight excluding hydrogens is 280 g/mol. The molecule has 0 spiro atoms. The molecule has 5 heteroatoms. The summed E-state index contributed by atoms with van der Waals surface area (Å²) in [4.78, 5) is 22.1. The molecule has 5 nitrogen and oxygen atoms in total. The molecule has 0 radical (unpaired) electrons. The Morgan fingerprint density at radius 2 is 1.91 bits per heavy atom. The van der Waals surface area contributed by atoms with E-state index in [0.29, 0.717) is 5.56 Å². The van der Waals surface area contributed by atoms with Gasteiger partial charge in [0.25, 0.3) is 5.69 Å². The van der Waals surface area contributed by atoms with Gasteiger partial charge in [-0.2, -0.15) is 0 Å². The molecule has 0 aliphatic carbocycles. The standard InChI is InChI=1S/C17H16N2O3/c1-12-6-8-15(10-13(12)2)18-17(20)9-7-14-4-3-5-16(11-14)19(21)22/h3-11H,1-2H3,(H,18,20)/b9-7-. The minimum atomic E-state index is -0.466. The first-order chi connectivity index (χ1) is 10.5. The van der Waals surface area contributed by atoms with Crippen LogP contribution in [0.2, 0.25) is 0 Å². The molecule has 0 saturated heterocycles. The fraction of sp³-hybridized carbons (Fsp3) is 0.118. The lowest BCUT2D eigenvalue weighted by Gasteiger charge is -2.05. The Morgan fingerprint density at radius 3 is 2.59 bits per heavy atom. The highest BCUT2D eigenvalue weighted by Crippen LogP contribution is 2.15. The van der Waals surface area contributed by atoms with Gasteiger partial charge in [0, 0.05) is 23.9 Å². The van der Waals surface area contributed by atoms with E-state index >= 15 is 0 Å². The van der Waals surface area contributed by atoms with Crippen LogP contribution in [0.5, 0.6) is 0 Å². The molecule has 0 unspecified atom stereocenters. The van der Waals surface area contributed by atoms with E-state index in [9.17, 15) is 14.9 Å². The molecule has 1 N–H and O–H groups in total. The van der Waals surface area contributed by atoms with E-state index in [1.54, 1.807) is 18.2 Å². The summed E-state index contributed by atoms with van der Waals surface area (Å²) in [6, 6.07) is 11.8. The zero-order chi connectivity index (χ0) is 16.1. The maximum absolute atomic E-state index is 11.9. The van der Waals surface area contributed by atoms with Gasteiger partial charge < -0.3 is 5.32 Å². The molecule has 0 aromatic heterocycles. The van der Waals surface area contributed by atoms with Gasteiger partial charge in [-0.1, -0.05) is 18.2 Å². The molecular formula is C17H16N2O3. The van der Waals surface area contributed by atoms with Crippen LogP contribution >= 0.6 is 0 Å². The number of non-ortho nitro benzene ring substituents is 1. The number of nitro benzene ring substituents is 1. The van der Waals surface area contributed by atoms with Crippen molar-refractivity contribution in [3.05, 3.63) is 75.3 Å². The molecule has 0 aliphatic heterocycles. The van der Waals surface area contributed by atoms with Crippen molar-refractivity contribution in [1.82, 2.24) is 0 Å². The summed E-state index contributed by atoms with van der Waals surface area (Å²) in [5.74, 6) is -0.283. The molecule has 0 bridgehead atoms. The Labute approximate surface area is 128 Å². The van der Waals surface area contributed by atoms with Crippen LogP contribution in [0.4, 0.5) is 11.4 Å². The average Bonchev–Trinajstić information content (AvgIpc) is 2.49. The van der Waals surface area contributed by atoms with E-state index in [0.717, 1.165) is 16.8 Å². The summed E-state index contributed by atoms with van der Waals surface area (Å²) >= 11 is 0. The van der Waals surface area contributed by atoms with E-state index in [4.69, 9.17) is 0 Å². The van der Waals surface area contributed by atoms with E-state index in [1.165, 1.54) is 18.2 Å². The molecule has 0 atom stereocenters. The number of nitro groups is 1. The largest absolute Gasteiger partial charge is 0.323 e. The van der Waals surface area contributed by atoms with Crippen LogP contribution < -0.4 is 5.32 Å². The van der Waals surface area contributed by atoms with Crippen molar-refractivity contribution in [1.29, 1.82) is 0 Å². The predicted molar refractivity (Wildman–Crippen MR) is 86.7 cm³/mol. The number of hydrogen-bond acceptors (Lipinski definition) is 3. The van der Waals surface area contributed by atoms with Gasteiger partial charge in [0.1, 0.15) is 0 Å². The first-order valence-electron chi connectivity index (χ1n) is 6.76. The van der Waals surface area contributed by atoms with Crippen LogP contribution in [0.1, 0.15) is 16.7 Å². The third-order valence-corrected chi connectivity index (χ3v) is 3.28. The summed E-state index contributed by atoms with van der Waals surface area (Å²) in [5.41, 5.74) is 3.57. The zero-order valence-electron chi connectivity index (χ0n) is 12.4. The lowest BCUT2D eigenvalue weighted by molar-refractivity contribution is -0.384. The smallest absolute Gasteiger partial charge is 0.270 e. The first-order valence-corrected chi connectivity index (χ1v) is 6.76. The van der Waals surface area contributed by atoms with Crippen molar-refractivity contribution in [2.75, 3.05) is 5.32 Å². The van der Waals surface area contributed by atoms with E-state index in [1.807, 2.05) is 32.0 Å². The van der Waals surface area contributed by atoms with Crippen molar-refractivity contribution in [2.24, 2.45) is 0 Å². The summed E-state index contributed by atoms with van der Waals surface area (Å²) in [6.45, 7) is 3.98. The Kier molecular flexibility index (Phi) is 4.68. The van der Waals surface area contributed by atoms with Crippen LogP contribution in [0.25, 0.3) is 6.08 Å². The van der Waals surface area contributed by atoms with Gasteiger partial charge in [-0.3, -0.25) is 14.9 Å². The second-order valence-electron chi connectivity index (χ2n) is 4.97. The lowest BCUT2D eigenvalue weighted by Crippen LogP contribution is -2.07. The Hall–Kier alpha value is -2.95. The van der Waals surface area contributed by atoms with Crippen LogP contribution in [-0.2, 0) is 4.79 Å². The number of aryl methyl sites for hydroxylation is 2. The fourth-order valence-electron chi connectivity index (χ4n) is 1.92. The zero-order valence-corrected chi connectivity index (χ0v) is 12.4. The monoisotopic (exact) mass is 296 g/mol. The van der Waals surface area contributed by atoms with Crippen molar-refractivity contribution < 1.29 is 9.72 Å². The number of amides is 1. The SMILES string of the molecule is Cc1ccc(NC(=O)/C=C\c2cccc([N+](=O)[O-])c2)cc1C. The highest BCUT2D eigenvalue weighted by atomic mass is 16.6. The third-order valence-electron chi connectivity index (χ3n) is 3.28. The van der Waals surface area contributed by atoms with E-state index in [-0.39, 0.29) is 11.6 Å². The summed E-state index contributed by atoms with van der Waals surface area (Å²) in [7, 11) is 0. The van der Waals surface area contributed by atoms with Crippen LogP contribution in [0.3, 0.4) is 0 Å². The summed E-state index contributed by atoms with van der Waals surface area (Å²) in [5, 5.41) is 13.5. The molecule has 1 amide bonds. The highest BCUT2D eigenvalue weighted by molar-refractivity contribution is 6.02. The summed E-state index contributed by atoms with van der Waals surface area (Å²) < 4.78 is 0. The predicted octanol–water partition coefficient (Wildman–Crippen LogP) is 3.86. The second-order valence-corrected chi connectivity index (χ2v) is 4.97. The number of carbonyl (C=O) groups excluding carboxylic acids is 1. The Balaban J connectivity index is 2.06. The molecule has 2 rings (SSSR count). The topological polar surface area (TPSA) is 72.2 Å².